The number of hydrogen-bond acceptors (Lipinski definition) is 3. The molecule has 1 aliphatic heterocycles. The lowest BCUT2D eigenvalue weighted by Crippen LogP contribution is -2.27. The minimum atomic E-state index is 0.351. The molecule has 0 aliphatic carbocycles. The smallest absolute Gasteiger partial charge is 0.0886 e. The summed E-state index contributed by atoms with van der Waals surface area (Å²) in [4.78, 5) is 4.89. The van der Waals surface area contributed by atoms with Crippen molar-refractivity contribution in [3.8, 4) is 11.4 Å². The molecule has 0 unspecified atom stereocenters. The van der Waals surface area contributed by atoms with Crippen LogP contribution in [-0.4, -0.2) is 27.9 Å². The van der Waals surface area contributed by atoms with E-state index in [1.54, 1.807) is 0 Å². The molecule has 0 aromatic carbocycles. The Balaban J connectivity index is 1.92. The molecule has 2 aromatic heterocycles. The van der Waals surface area contributed by atoms with Crippen molar-refractivity contribution < 1.29 is 0 Å². The molecule has 1 fully saturated rings. The first-order chi connectivity index (χ1) is 9.75. The van der Waals surface area contributed by atoms with Crippen molar-refractivity contribution >= 4 is 0 Å². The third-order valence-corrected chi connectivity index (χ3v) is 3.95. The molecule has 0 amide bonds. The van der Waals surface area contributed by atoms with Crippen LogP contribution in [-0.2, 0) is 0 Å². The molecule has 106 valence electrons. The van der Waals surface area contributed by atoms with E-state index in [2.05, 4.69) is 48.5 Å². The van der Waals surface area contributed by atoms with Crippen molar-refractivity contribution in [1.29, 1.82) is 0 Å². The lowest BCUT2D eigenvalue weighted by molar-refractivity contribution is 0.453. The van der Waals surface area contributed by atoms with Gasteiger partial charge in [-0.1, -0.05) is 6.07 Å². The second-order valence-electron chi connectivity index (χ2n) is 5.73. The van der Waals surface area contributed by atoms with Gasteiger partial charge in [-0.15, -0.1) is 0 Å². The zero-order chi connectivity index (χ0) is 13.9. The van der Waals surface area contributed by atoms with Crippen molar-refractivity contribution in [2.45, 2.75) is 38.6 Å². The van der Waals surface area contributed by atoms with E-state index >= 15 is 0 Å². The van der Waals surface area contributed by atoms with Gasteiger partial charge in [0.25, 0.3) is 0 Å². The van der Waals surface area contributed by atoms with Crippen LogP contribution < -0.4 is 5.32 Å². The Morgan fingerprint density at radius 1 is 1.20 bits per heavy atom. The second kappa shape index (κ2) is 5.75. The first kappa shape index (κ1) is 13.3. The predicted molar refractivity (Wildman–Crippen MR) is 80.7 cm³/mol. The summed E-state index contributed by atoms with van der Waals surface area (Å²) in [5.41, 5.74) is 3.36. The van der Waals surface area contributed by atoms with Crippen LogP contribution >= 0.6 is 0 Å². The van der Waals surface area contributed by atoms with Gasteiger partial charge in [0.05, 0.1) is 11.4 Å². The Labute approximate surface area is 120 Å². The van der Waals surface area contributed by atoms with Crippen LogP contribution in [0.3, 0.4) is 0 Å². The number of nitrogens with one attached hydrogen (secondary N) is 1. The van der Waals surface area contributed by atoms with Crippen LogP contribution in [0.25, 0.3) is 11.4 Å². The van der Waals surface area contributed by atoms with Crippen molar-refractivity contribution in [2.24, 2.45) is 0 Å². The number of rotatable bonds is 3. The molecule has 2 aromatic rings. The number of pyridine rings is 1. The summed E-state index contributed by atoms with van der Waals surface area (Å²) in [7, 11) is 0. The third kappa shape index (κ3) is 2.61. The second-order valence-corrected chi connectivity index (χ2v) is 5.73. The molecule has 0 radical (unpaired) electrons. The summed E-state index contributed by atoms with van der Waals surface area (Å²) in [5, 5.41) is 7.81. The van der Waals surface area contributed by atoms with Crippen molar-refractivity contribution in [3.63, 3.8) is 0 Å². The van der Waals surface area contributed by atoms with Crippen molar-refractivity contribution in [3.05, 3.63) is 36.2 Å². The van der Waals surface area contributed by atoms with Gasteiger partial charge in [0.1, 0.15) is 0 Å². The topological polar surface area (TPSA) is 42.7 Å². The average Bonchev–Trinajstić information content (AvgIpc) is 2.98. The van der Waals surface area contributed by atoms with Crippen LogP contribution in [0.15, 0.2) is 30.5 Å². The number of piperidine rings is 1. The fraction of sp³-hybridized carbons (Fsp3) is 0.500. The summed E-state index contributed by atoms with van der Waals surface area (Å²) in [6.45, 7) is 6.49. The zero-order valence-electron chi connectivity index (χ0n) is 12.2. The molecule has 20 heavy (non-hydrogen) atoms. The van der Waals surface area contributed by atoms with E-state index < -0.39 is 0 Å². The molecule has 3 rings (SSSR count). The molecule has 1 N–H and O–H groups in total. The van der Waals surface area contributed by atoms with Crippen LogP contribution in [0.2, 0.25) is 0 Å². The SMILES string of the molecule is CC(C)n1nccc1-c1cccc(C2CCNCC2)n1. The fourth-order valence-corrected chi connectivity index (χ4v) is 2.87. The van der Waals surface area contributed by atoms with Gasteiger partial charge in [0.2, 0.25) is 0 Å². The summed E-state index contributed by atoms with van der Waals surface area (Å²) in [6, 6.07) is 8.77. The summed E-state index contributed by atoms with van der Waals surface area (Å²) in [5.74, 6) is 0.589. The van der Waals surface area contributed by atoms with Gasteiger partial charge in [-0.05, 0) is 58.0 Å². The Morgan fingerprint density at radius 3 is 2.75 bits per heavy atom. The van der Waals surface area contributed by atoms with Crippen LogP contribution in [0, 0.1) is 0 Å². The molecule has 0 atom stereocenters. The highest BCUT2D eigenvalue weighted by molar-refractivity contribution is 5.54. The molecule has 0 saturated carbocycles. The first-order valence-corrected chi connectivity index (χ1v) is 7.47. The van der Waals surface area contributed by atoms with Gasteiger partial charge in [-0.25, -0.2) is 0 Å². The van der Waals surface area contributed by atoms with E-state index in [-0.39, 0.29) is 0 Å². The Morgan fingerprint density at radius 2 is 2.00 bits per heavy atom. The highest BCUT2D eigenvalue weighted by Gasteiger charge is 2.17. The lowest BCUT2D eigenvalue weighted by Gasteiger charge is -2.22. The van der Waals surface area contributed by atoms with Crippen LogP contribution in [0.5, 0.6) is 0 Å². The molecular weight excluding hydrogens is 248 g/mol. The van der Waals surface area contributed by atoms with E-state index in [0.717, 1.165) is 24.5 Å². The molecule has 1 aliphatic rings. The molecular formula is C16H22N4. The predicted octanol–water partition coefficient (Wildman–Crippen LogP) is 2.99. The molecule has 1 saturated heterocycles. The minimum absolute atomic E-state index is 0.351. The maximum atomic E-state index is 4.89. The van der Waals surface area contributed by atoms with E-state index in [9.17, 15) is 0 Å². The van der Waals surface area contributed by atoms with Gasteiger partial charge in [-0.2, -0.15) is 5.10 Å². The standard InChI is InChI=1S/C16H22N4/c1-12(2)20-16(8-11-18-20)15-5-3-4-14(19-15)13-6-9-17-10-7-13/h3-5,8,11-13,17H,6-7,9-10H2,1-2H3. The van der Waals surface area contributed by atoms with E-state index in [4.69, 9.17) is 4.98 Å². The van der Waals surface area contributed by atoms with Gasteiger partial charge in [0, 0.05) is 23.9 Å². The highest BCUT2D eigenvalue weighted by Crippen LogP contribution is 2.26. The van der Waals surface area contributed by atoms with Gasteiger partial charge < -0.3 is 5.32 Å². The highest BCUT2D eigenvalue weighted by atomic mass is 15.3. The number of hydrogen-bond donors (Lipinski definition) is 1. The maximum Gasteiger partial charge on any atom is 0.0886 e. The van der Waals surface area contributed by atoms with E-state index in [1.807, 2.05) is 10.9 Å². The van der Waals surface area contributed by atoms with Gasteiger partial charge in [0.15, 0.2) is 0 Å². The average molecular weight is 270 g/mol. The van der Waals surface area contributed by atoms with E-state index in [0.29, 0.717) is 12.0 Å². The Bertz CT molecular complexity index is 567. The normalized spacial score (nSPS) is 16.8. The minimum Gasteiger partial charge on any atom is -0.317 e. The number of nitrogens with zero attached hydrogens (tertiary/aromatic N) is 3. The van der Waals surface area contributed by atoms with Gasteiger partial charge >= 0.3 is 0 Å². The van der Waals surface area contributed by atoms with E-state index in [1.165, 1.54) is 18.5 Å². The first-order valence-electron chi connectivity index (χ1n) is 7.47. The largest absolute Gasteiger partial charge is 0.317 e. The quantitative estimate of drug-likeness (QED) is 0.932. The fourth-order valence-electron chi connectivity index (χ4n) is 2.87. The zero-order valence-corrected chi connectivity index (χ0v) is 12.2. The number of aromatic nitrogens is 3. The summed E-state index contributed by atoms with van der Waals surface area (Å²) >= 11 is 0. The molecule has 3 heterocycles. The molecule has 0 spiro atoms. The molecule has 4 heteroatoms. The Hall–Kier alpha value is -1.68. The summed E-state index contributed by atoms with van der Waals surface area (Å²) in [6.07, 6.45) is 4.22. The van der Waals surface area contributed by atoms with Crippen molar-refractivity contribution in [2.75, 3.05) is 13.1 Å². The molecule has 0 bridgehead atoms. The molecule has 4 nitrogen and oxygen atoms in total. The third-order valence-electron chi connectivity index (χ3n) is 3.95. The Kier molecular flexibility index (Phi) is 3.83. The lowest BCUT2D eigenvalue weighted by atomic mass is 9.94. The summed E-state index contributed by atoms with van der Waals surface area (Å²) < 4.78 is 2.04. The monoisotopic (exact) mass is 270 g/mol. The maximum absolute atomic E-state index is 4.89. The van der Waals surface area contributed by atoms with Gasteiger partial charge in [-0.3, -0.25) is 9.67 Å². The van der Waals surface area contributed by atoms with Crippen LogP contribution in [0.4, 0.5) is 0 Å². The van der Waals surface area contributed by atoms with Crippen LogP contribution in [0.1, 0.15) is 44.3 Å². The van der Waals surface area contributed by atoms with Crippen molar-refractivity contribution in [1.82, 2.24) is 20.1 Å².